The average molecular weight is 311 g/mol. The predicted octanol–water partition coefficient (Wildman–Crippen LogP) is 5.46. The Morgan fingerprint density at radius 3 is 2.36 bits per heavy atom. The molecule has 0 radical (unpaired) electrons. The van der Waals surface area contributed by atoms with Gasteiger partial charge < -0.3 is 4.74 Å². The molecule has 0 aliphatic carbocycles. The van der Waals surface area contributed by atoms with Crippen LogP contribution in [0.2, 0.25) is 0 Å². The molecule has 0 fully saturated rings. The van der Waals surface area contributed by atoms with Gasteiger partial charge in [-0.05, 0) is 56.0 Å². The number of hydrogen-bond acceptors (Lipinski definition) is 3. The Labute approximate surface area is 135 Å². The normalized spacial score (nSPS) is 11.1. The molecule has 3 aromatic rings. The summed E-state index contributed by atoms with van der Waals surface area (Å²) in [5, 5.41) is 1.31. The number of thiophene rings is 1. The van der Waals surface area contributed by atoms with E-state index < -0.39 is 0 Å². The minimum absolute atomic E-state index is 0.890. The molecule has 22 heavy (non-hydrogen) atoms. The highest BCUT2D eigenvalue weighted by molar-refractivity contribution is 7.19. The molecule has 114 valence electrons. The zero-order chi connectivity index (χ0) is 15.9. The molecular weight excluding hydrogens is 290 g/mol. The molecule has 2 heterocycles. The Hall–Kier alpha value is -1.87. The Bertz CT molecular complexity index is 831. The van der Waals surface area contributed by atoms with Crippen LogP contribution in [0.1, 0.15) is 28.6 Å². The lowest BCUT2D eigenvalue weighted by Gasteiger charge is -2.11. The van der Waals surface area contributed by atoms with E-state index in [9.17, 15) is 0 Å². The molecule has 0 amide bonds. The van der Waals surface area contributed by atoms with E-state index in [1.54, 1.807) is 18.4 Å². The summed E-state index contributed by atoms with van der Waals surface area (Å²) in [7, 11) is 1.70. The molecule has 0 spiro atoms. The van der Waals surface area contributed by atoms with Crippen LogP contribution in [0.4, 0.5) is 0 Å². The molecule has 0 aliphatic rings. The predicted molar refractivity (Wildman–Crippen MR) is 95.2 cm³/mol. The van der Waals surface area contributed by atoms with Gasteiger partial charge in [0, 0.05) is 21.5 Å². The van der Waals surface area contributed by atoms with Gasteiger partial charge in [0.2, 0.25) is 0 Å². The first kappa shape index (κ1) is 15.0. The third kappa shape index (κ3) is 2.30. The molecule has 3 rings (SSSR count). The van der Waals surface area contributed by atoms with Crippen LogP contribution in [0.3, 0.4) is 0 Å². The van der Waals surface area contributed by atoms with E-state index in [0.29, 0.717) is 0 Å². The molecular formula is C19H21NOS. The fraction of sp³-hybridized carbons (Fsp3) is 0.316. The number of hydrogen-bond donors (Lipinski definition) is 0. The number of pyridine rings is 1. The molecule has 3 heteroatoms. The number of ether oxygens (including phenoxy) is 1. The second-order valence-electron chi connectivity index (χ2n) is 5.60. The standard InChI is InChI=1S/C19H21NOS/c1-6-16-11(2)17-18(13(4)22-19(17)20-12(16)3)14-7-9-15(21-5)10-8-14/h7-10H,6H2,1-5H3. The van der Waals surface area contributed by atoms with Crippen molar-refractivity contribution in [2.45, 2.75) is 34.1 Å². The van der Waals surface area contributed by atoms with Gasteiger partial charge in [0.15, 0.2) is 0 Å². The third-order valence-corrected chi connectivity index (χ3v) is 5.33. The van der Waals surface area contributed by atoms with Crippen molar-refractivity contribution in [1.29, 1.82) is 0 Å². The second kappa shape index (κ2) is 5.73. The average Bonchev–Trinajstić information content (AvgIpc) is 2.84. The van der Waals surface area contributed by atoms with Crippen molar-refractivity contribution in [2.24, 2.45) is 0 Å². The van der Waals surface area contributed by atoms with Gasteiger partial charge in [-0.25, -0.2) is 4.98 Å². The summed E-state index contributed by atoms with van der Waals surface area (Å²) in [6, 6.07) is 8.32. The summed E-state index contributed by atoms with van der Waals surface area (Å²) in [6.45, 7) is 8.74. The lowest BCUT2D eigenvalue weighted by molar-refractivity contribution is 0.415. The van der Waals surface area contributed by atoms with Crippen LogP contribution in [-0.2, 0) is 6.42 Å². The topological polar surface area (TPSA) is 22.1 Å². The van der Waals surface area contributed by atoms with Crippen molar-refractivity contribution in [3.05, 3.63) is 46.0 Å². The summed E-state index contributed by atoms with van der Waals surface area (Å²) in [6.07, 6.45) is 1.03. The van der Waals surface area contributed by atoms with Gasteiger partial charge in [-0.1, -0.05) is 19.1 Å². The zero-order valence-corrected chi connectivity index (χ0v) is 14.6. The van der Waals surface area contributed by atoms with E-state index in [-0.39, 0.29) is 0 Å². The van der Waals surface area contributed by atoms with Gasteiger partial charge >= 0.3 is 0 Å². The highest BCUT2D eigenvalue weighted by atomic mass is 32.1. The van der Waals surface area contributed by atoms with E-state index in [4.69, 9.17) is 9.72 Å². The van der Waals surface area contributed by atoms with E-state index in [0.717, 1.165) is 22.7 Å². The fourth-order valence-electron chi connectivity index (χ4n) is 3.22. The van der Waals surface area contributed by atoms with Crippen molar-refractivity contribution < 1.29 is 4.74 Å². The lowest BCUT2D eigenvalue weighted by atomic mass is 9.96. The van der Waals surface area contributed by atoms with Gasteiger partial charge in [0.25, 0.3) is 0 Å². The number of rotatable bonds is 3. The van der Waals surface area contributed by atoms with Gasteiger partial charge in [-0.2, -0.15) is 0 Å². The van der Waals surface area contributed by atoms with E-state index in [1.807, 2.05) is 12.1 Å². The highest BCUT2D eigenvalue weighted by Gasteiger charge is 2.17. The molecule has 0 unspecified atom stereocenters. The molecule has 0 aliphatic heterocycles. The van der Waals surface area contributed by atoms with Crippen molar-refractivity contribution in [2.75, 3.05) is 7.11 Å². The lowest BCUT2D eigenvalue weighted by Crippen LogP contribution is -1.96. The molecule has 0 bridgehead atoms. The molecule has 2 aromatic heterocycles. The van der Waals surface area contributed by atoms with Gasteiger partial charge in [0.05, 0.1) is 7.11 Å². The zero-order valence-electron chi connectivity index (χ0n) is 13.8. The summed E-state index contributed by atoms with van der Waals surface area (Å²) in [5.41, 5.74) is 6.47. The molecule has 0 N–H and O–H groups in total. The molecule has 2 nitrogen and oxygen atoms in total. The molecule has 0 saturated carbocycles. The fourth-order valence-corrected chi connectivity index (χ4v) is 4.38. The van der Waals surface area contributed by atoms with Gasteiger partial charge in [-0.3, -0.25) is 0 Å². The second-order valence-corrected chi connectivity index (χ2v) is 6.80. The monoisotopic (exact) mass is 311 g/mol. The number of benzene rings is 1. The molecule has 0 atom stereocenters. The van der Waals surface area contributed by atoms with Crippen molar-refractivity contribution >= 4 is 21.6 Å². The van der Waals surface area contributed by atoms with Crippen LogP contribution in [0.15, 0.2) is 24.3 Å². The Balaban J connectivity index is 2.30. The number of aryl methyl sites for hydroxylation is 3. The quantitative estimate of drug-likeness (QED) is 0.641. The van der Waals surface area contributed by atoms with E-state index in [2.05, 4.69) is 39.8 Å². The number of methoxy groups -OCH3 is 1. The number of nitrogens with zero attached hydrogens (tertiary/aromatic N) is 1. The Morgan fingerprint density at radius 1 is 1.09 bits per heavy atom. The summed E-state index contributed by atoms with van der Waals surface area (Å²) in [5.74, 6) is 0.890. The first-order valence-electron chi connectivity index (χ1n) is 7.60. The van der Waals surface area contributed by atoms with E-state index >= 15 is 0 Å². The van der Waals surface area contributed by atoms with Crippen LogP contribution in [0.25, 0.3) is 21.3 Å². The minimum Gasteiger partial charge on any atom is -0.497 e. The summed E-state index contributed by atoms with van der Waals surface area (Å²) in [4.78, 5) is 7.31. The largest absolute Gasteiger partial charge is 0.497 e. The van der Waals surface area contributed by atoms with Crippen LogP contribution >= 0.6 is 11.3 Å². The summed E-state index contributed by atoms with van der Waals surface area (Å²) < 4.78 is 5.27. The number of aromatic nitrogens is 1. The van der Waals surface area contributed by atoms with Crippen molar-refractivity contribution in [1.82, 2.24) is 4.98 Å². The van der Waals surface area contributed by atoms with Crippen LogP contribution in [0.5, 0.6) is 5.75 Å². The number of fused-ring (bicyclic) bond motifs is 1. The first-order chi connectivity index (χ1) is 10.6. The minimum atomic E-state index is 0.890. The SMILES string of the molecule is CCc1c(C)nc2sc(C)c(-c3ccc(OC)cc3)c2c1C. The maximum atomic E-state index is 5.27. The maximum Gasteiger partial charge on any atom is 0.124 e. The van der Waals surface area contributed by atoms with Gasteiger partial charge in [-0.15, -0.1) is 11.3 Å². The maximum absolute atomic E-state index is 5.27. The Kier molecular flexibility index (Phi) is 3.92. The van der Waals surface area contributed by atoms with Crippen LogP contribution in [0, 0.1) is 20.8 Å². The van der Waals surface area contributed by atoms with Crippen LogP contribution < -0.4 is 4.74 Å². The van der Waals surface area contributed by atoms with Crippen LogP contribution in [-0.4, -0.2) is 12.1 Å². The summed E-state index contributed by atoms with van der Waals surface area (Å²) >= 11 is 1.79. The first-order valence-corrected chi connectivity index (χ1v) is 8.42. The molecule has 0 saturated heterocycles. The smallest absolute Gasteiger partial charge is 0.124 e. The van der Waals surface area contributed by atoms with Crippen molar-refractivity contribution in [3.8, 4) is 16.9 Å². The highest BCUT2D eigenvalue weighted by Crippen LogP contribution is 2.41. The van der Waals surface area contributed by atoms with Gasteiger partial charge in [0.1, 0.15) is 10.6 Å². The Morgan fingerprint density at radius 2 is 1.77 bits per heavy atom. The third-order valence-electron chi connectivity index (χ3n) is 4.33. The molecule has 1 aromatic carbocycles. The van der Waals surface area contributed by atoms with Crippen molar-refractivity contribution in [3.63, 3.8) is 0 Å². The van der Waals surface area contributed by atoms with E-state index in [1.165, 1.54) is 32.5 Å².